The van der Waals surface area contributed by atoms with Crippen LogP contribution in [0.2, 0.25) is 10.0 Å². The minimum absolute atomic E-state index is 0.178. The summed E-state index contributed by atoms with van der Waals surface area (Å²) in [5.41, 5.74) is 0.960. The number of anilines is 1. The van der Waals surface area contributed by atoms with E-state index in [0.29, 0.717) is 10.0 Å². The minimum atomic E-state index is -0.382. The molecule has 1 aliphatic carbocycles. The number of nitrogens with zero attached hydrogens (tertiary/aromatic N) is 1. The molecule has 0 unspecified atom stereocenters. The van der Waals surface area contributed by atoms with Crippen LogP contribution in [-0.4, -0.2) is 25.2 Å². The fourth-order valence-corrected chi connectivity index (χ4v) is 4.24. The zero-order chi connectivity index (χ0) is 14.2. The largest absolute Gasteiger partial charge is 0.367 e. The number of hydrogen-bond donors (Lipinski definition) is 1. The van der Waals surface area contributed by atoms with Gasteiger partial charge in [0.05, 0.1) is 15.7 Å². The molecule has 1 heterocycles. The van der Waals surface area contributed by atoms with Crippen LogP contribution in [-0.2, 0) is 0 Å². The number of halogens is 3. The van der Waals surface area contributed by atoms with Crippen LogP contribution in [0.3, 0.4) is 0 Å². The topological polar surface area (TPSA) is 15.3 Å². The highest BCUT2D eigenvalue weighted by Gasteiger charge is 2.37. The summed E-state index contributed by atoms with van der Waals surface area (Å²) in [5.74, 6) is -0.382. The first-order valence-electron chi connectivity index (χ1n) is 7.24. The van der Waals surface area contributed by atoms with E-state index in [1.807, 2.05) is 0 Å². The van der Waals surface area contributed by atoms with Crippen molar-refractivity contribution in [3.05, 3.63) is 28.0 Å². The van der Waals surface area contributed by atoms with Gasteiger partial charge in [-0.2, -0.15) is 0 Å². The predicted octanol–water partition coefficient (Wildman–Crippen LogP) is 4.25. The Morgan fingerprint density at radius 1 is 1.10 bits per heavy atom. The third-order valence-electron chi connectivity index (χ3n) is 4.46. The van der Waals surface area contributed by atoms with Crippen molar-refractivity contribution in [3.8, 4) is 0 Å². The molecule has 1 saturated carbocycles. The van der Waals surface area contributed by atoms with Crippen molar-refractivity contribution in [2.24, 2.45) is 0 Å². The van der Waals surface area contributed by atoms with Crippen molar-refractivity contribution < 1.29 is 4.39 Å². The first kappa shape index (κ1) is 14.4. The van der Waals surface area contributed by atoms with Crippen LogP contribution in [0.4, 0.5) is 10.1 Å². The lowest BCUT2D eigenvalue weighted by atomic mass is 9.97. The Kier molecular flexibility index (Phi) is 4.11. The molecule has 1 N–H and O–H groups in total. The second-order valence-corrected chi connectivity index (χ2v) is 6.72. The first-order chi connectivity index (χ1) is 9.60. The molecule has 2 fully saturated rings. The van der Waals surface area contributed by atoms with Gasteiger partial charge in [0.15, 0.2) is 0 Å². The number of hydrogen-bond acceptors (Lipinski definition) is 2. The van der Waals surface area contributed by atoms with E-state index in [1.54, 1.807) is 0 Å². The van der Waals surface area contributed by atoms with Gasteiger partial charge in [0, 0.05) is 18.6 Å². The Morgan fingerprint density at radius 2 is 1.75 bits per heavy atom. The molecule has 0 atom stereocenters. The van der Waals surface area contributed by atoms with E-state index in [1.165, 1.54) is 37.8 Å². The summed E-state index contributed by atoms with van der Waals surface area (Å²) in [7, 11) is 0. The summed E-state index contributed by atoms with van der Waals surface area (Å²) in [6.07, 6.45) is 5.98. The van der Waals surface area contributed by atoms with Gasteiger partial charge in [-0.3, -0.25) is 0 Å². The molecular weight excluding hydrogens is 298 g/mol. The van der Waals surface area contributed by atoms with Gasteiger partial charge in [-0.1, -0.05) is 36.0 Å². The van der Waals surface area contributed by atoms with E-state index in [9.17, 15) is 4.39 Å². The van der Waals surface area contributed by atoms with Crippen LogP contribution in [0.15, 0.2) is 12.1 Å². The Hall–Kier alpha value is -0.510. The van der Waals surface area contributed by atoms with Gasteiger partial charge in [0.25, 0.3) is 0 Å². The summed E-state index contributed by atoms with van der Waals surface area (Å²) in [6.45, 7) is 2.82. The molecule has 0 amide bonds. The Morgan fingerprint density at radius 3 is 2.40 bits per heavy atom. The fraction of sp³-hybridized carbons (Fsp3) is 0.600. The Balaban J connectivity index is 1.92. The second-order valence-electron chi connectivity index (χ2n) is 5.91. The Bertz CT molecular complexity index is 478. The van der Waals surface area contributed by atoms with Crippen LogP contribution in [0.25, 0.3) is 0 Å². The van der Waals surface area contributed by atoms with Crippen molar-refractivity contribution in [2.45, 2.75) is 37.6 Å². The van der Waals surface area contributed by atoms with Crippen LogP contribution in [0.5, 0.6) is 0 Å². The van der Waals surface area contributed by atoms with Gasteiger partial charge in [-0.05, 0) is 37.9 Å². The first-order valence-corrected chi connectivity index (χ1v) is 8.00. The summed E-state index contributed by atoms with van der Waals surface area (Å²) in [6, 6.07) is 2.70. The van der Waals surface area contributed by atoms with E-state index in [0.717, 1.165) is 31.7 Å². The van der Waals surface area contributed by atoms with Crippen LogP contribution in [0.1, 0.15) is 32.1 Å². The maximum Gasteiger partial charge on any atom is 0.126 e. The number of nitrogens with one attached hydrogen (secondary N) is 1. The van der Waals surface area contributed by atoms with Gasteiger partial charge in [-0.25, -0.2) is 4.39 Å². The van der Waals surface area contributed by atoms with Gasteiger partial charge in [0.1, 0.15) is 5.82 Å². The molecule has 2 aliphatic rings. The molecule has 0 bridgehead atoms. The van der Waals surface area contributed by atoms with Crippen molar-refractivity contribution in [1.29, 1.82) is 0 Å². The normalized spacial score (nSPS) is 22.2. The molecule has 1 saturated heterocycles. The Labute approximate surface area is 129 Å². The van der Waals surface area contributed by atoms with E-state index in [4.69, 9.17) is 23.2 Å². The maximum absolute atomic E-state index is 13.4. The van der Waals surface area contributed by atoms with E-state index in [2.05, 4.69) is 10.2 Å². The van der Waals surface area contributed by atoms with Gasteiger partial charge in [0.2, 0.25) is 0 Å². The fourth-order valence-electron chi connectivity index (χ4n) is 3.54. The van der Waals surface area contributed by atoms with Crippen molar-refractivity contribution in [1.82, 2.24) is 5.32 Å². The molecule has 3 rings (SSSR count). The van der Waals surface area contributed by atoms with Crippen molar-refractivity contribution in [3.63, 3.8) is 0 Å². The van der Waals surface area contributed by atoms with Crippen molar-refractivity contribution in [2.75, 3.05) is 24.5 Å². The van der Waals surface area contributed by atoms with Crippen LogP contribution >= 0.6 is 23.2 Å². The van der Waals surface area contributed by atoms with Crippen LogP contribution < -0.4 is 10.2 Å². The molecule has 20 heavy (non-hydrogen) atoms. The van der Waals surface area contributed by atoms with E-state index >= 15 is 0 Å². The molecule has 1 aromatic carbocycles. The lowest BCUT2D eigenvalue weighted by Crippen LogP contribution is -2.49. The minimum Gasteiger partial charge on any atom is -0.367 e. The summed E-state index contributed by atoms with van der Waals surface area (Å²) < 4.78 is 13.4. The highest BCUT2D eigenvalue weighted by Crippen LogP contribution is 2.39. The molecule has 1 aromatic rings. The molecule has 0 aromatic heterocycles. The average molecular weight is 317 g/mol. The lowest BCUT2D eigenvalue weighted by molar-refractivity contribution is 0.354. The zero-order valence-corrected chi connectivity index (χ0v) is 12.9. The third kappa shape index (κ3) is 2.76. The summed E-state index contributed by atoms with van der Waals surface area (Å²) in [5, 5.41) is 4.52. The zero-order valence-electron chi connectivity index (χ0n) is 11.4. The smallest absolute Gasteiger partial charge is 0.126 e. The summed E-state index contributed by atoms with van der Waals surface area (Å²) in [4.78, 5) is 2.23. The molecule has 2 nitrogen and oxygen atoms in total. The molecule has 110 valence electrons. The predicted molar refractivity (Wildman–Crippen MR) is 82.5 cm³/mol. The second kappa shape index (κ2) is 5.70. The van der Waals surface area contributed by atoms with E-state index in [-0.39, 0.29) is 11.4 Å². The standard InChI is InChI=1S/C15H19Cl2FN2/c16-12-8-11(18)9-13(17)14(12)20-7-3-6-19-15(10-20)4-1-2-5-15/h8-9,19H,1-7,10H2. The maximum atomic E-state index is 13.4. The number of rotatable bonds is 1. The highest BCUT2D eigenvalue weighted by molar-refractivity contribution is 6.39. The summed E-state index contributed by atoms with van der Waals surface area (Å²) >= 11 is 12.5. The van der Waals surface area contributed by atoms with Gasteiger partial charge < -0.3 is 10.2 Å². The quantitative estimate of drug-likeness (QED) is 0.833. The molecule has 1 spiro atoms. The van der Waals surface area contributed by atoms with Gasteiger partial charge >= 0.3 is 0 Å². The highest BCUT2D eigenvalue weighted by atomic mass is 35.5. The average Bonchev–Trinajstić information content (AvgIpc) is 2.71. The lowest BCUT2D eigenvalue weighted by Gasteiger charge is -2.35. The van der Waals surface area contributed by atoms with Crippen LogP contribution in [0, 0.1) is 5.82 Å². The molecule has 0 radical (unpaired) electrons. The van der Waals surface area contributed by atoms with Crippen molar-refractivity contribution >= 4 is 28.9 Å². The molecular formula is C15H19Cl2FN2. The SMILES string of the molecule is Fc1cc(Cl)c(N2CCCNC3(CCCC3)C2)c(Cl)c1. The molecule has 1 aliphatic heterocycles. The number of benzene rings is 1. The van der Waals surface area contributed by atoms with E-state index < -0.39 is 0 Å². The molecule has 5 heteroatoms. The monoisotopic (exact) mass is 316 g/mol. The third-order valence-corrected chi connectivity index (χ3v) is 5.03. The van der Waals surface area contributed by atoms with Gasteiger partial charge in [-0.15, -0.1) is 0 Å².